The second-order valence-electron chi connectivity index (χ2n) is 10.8. The molecule has 0 fully saturated rings. The van der Waals surface area contributed by atoms with Crippen LogP contribution in [0, 0.1) is 0 Å². The van der Waals surface area contributed by atoms with E-state index in [4.69, 9.17) is 24.1 Å². The summed E-state index contributed by atoms with van der Waals surface area (Å²) < 4.78 is 22.4. The Labute approximate surface area is 250 Å². The van der Waals surface area contributed by atoms with Gasteiger partial charge in [-0.05, 0) is 37.5 Å². The molecular weight excluding hydrogens is 532 g/mol. The Morgan fingerprint density at radius 3 is 1.52 bits per heavy atom. The quantitative estimate of drug-likeness (QED) is 0.165. The summed E-state index contributed by atoms with van der Waals surface area (Å²) >= 11 is 0. The van der Waals surface area contributed by atoms with Gasteiger partial charge in [-0.1, -0.05) is 91.0 Å². The number of nitrogens with zero attached hydrogens (tertiary/aromatic N) is 1. The highest BCUT2D eigenvalue weighted by molar-refractivity contribution is 5.68. The highest BCUT2D eigenvalue weighted by atomic mass is 16.6. The van der Waals surface area contributed by atoms with Crippen LogP contribution in [0.4, 0.5) is 4.79 Å². The number of benzene rings is 3. The molecular formula is C34H46N2O6. The van der Waals surface area contributed by atoms with Crippen molar-refractivity contribution in [2.45, 2.75) is 31.9 Å². The van der Waals surface area contributed by atoms with Gasteiger partial charge in [-0.2, -0.15) is 0 Å². The Hall–Kier alpha value is -3.27. The smallest absolute Gasteiger partial charge is 0.410 e. The lowest BCUT2D eigenvalue weighted by Gasteiger charge is -2.37. The maximum Gasteiger partial charge on any atom is 0.410 e. The molecule has 1 amide bonds. The molecule has 0 spiro atoms. The van der Waals surface area contributed by atoms with Gasteiger partial charge in [0.15, 0.2) is 0 Å². The van der Waals surface area contributed by atoms with Crippen molar-refractivity contribution in [2.75, 3.05) is 65.9 Å². The molecule has 228 valence electrons. The van der Waals surface area contributed by atoms with E-state index < -0.39 is 17.2 Å². The van der Waals surface area contributed by atoms with Crippen LogP contribution in [0.2, 0.25) is 0 Å². The van der Waals surface area contributed by atoms with Gasteiger partial charge in [-0.15, -0.1) is 0 Å². The van der Waals surface area contributed by atoms with Gasteiger partial charge in [0.05, 0.1) is 51.8 Å². The van der Waals surface area contributed by atoms with E-state index in [0.717, 1.165) is 16.7 Å². The van der Waals surface area contributed by atoms with Crippen LogP contribution in [0.1, 0.15) is 37.5 Å². The lowest BCUT2D eigenvalue weighted by molar-refractivity contribution is 0.00187. The molecule has 2 N–H and O–H groups in total. The van der Waals surface area contributed by atoms with E-state index in [1.54, 1.807) is 4.90 Å². The van der Waals surface area contributed by atoms with Crippen molar-refractivity contribution in [3.63, 3.8) is 0 Å². The van der Waals surface area contributed by atoms with Crippen LogP contribution in [-0.2, 0) is 24.5 Å². The average Bonchev–Trinajstić information content (AvgIpc) is 3.00. The summed E-state index contributed by atoms with van der Waals surface area (Å²) in [7, 11) is 0. The van der Waals surface area contributed by atoms with E-state index in [0.29, 0.717) is 52.7 Å². The van der Waals surface area contributed by atoms with Crippen molar-refractivity contribution >= 4 is 6.09 Å². The second kappa shape index (κ2) is 17.6. The number of rotatable bonds is 18. The number of aliphatic hydroxyl groups is 1. The van der Waals surface area contributed by atoms with Gasteiger partial charge >= 0.3 is 6.09 Å². The fourth-order valence-corrected chi connectivity index (χ4v) is 4.64. The van der Waals surface area contributed by atoms with E-state index in [1.807, 2.05) is 39.0 Å². The number of carbonyl (C=O) groups is 1. The highest BCUT2D eigenvalue weighted by Crippen LogP contribution is 2.36. The summed E-state index contributed by atoms with van der Waals surface area (Å²) in [6, 6.07) is 31.3. The zero-order valence-electron chi connectivity index (χ0n) is 25.2. The zero-order chi connectivity index (χ0) is 30.1. The maximum atomic E-state index is 12.8. The highest BCUT2D eigenvalue weighted by Gasteiger charge is 2.35. The predicted octanol–water partition coefficient (Wildman–Crippen LogP) is 4.85. The molecule has 0 aromatic heterocycles. The monoisotopic (exact) mass is 578 g/mol. The molecule has 0 unspecified atom stereocenters. The average molecular weight is 579 g/mol. The van der Waals surface area contributed by atoms with Crippen LogP contribution in [0.3, 0.4) is 0 Å². The van der Waals surface area contributed by atoms with Crippen molar-refractivity contribution in [1.29, 1.82) is 0 Å². The normalized spacial score (nSPS) is 11.8. The van der Waals surface area contributed by atoms with Crippen LogP contribution in [0.15, 0.2) is 91.0 Å². The molecule has 0 heterocycles. The molecule has 0 radical (unpaired) electrons. The molecule has 0 bridgehead atoms. The Bertz CT molecular complexity index is 1040. The van der Waals surface area contributed by atoms with Gasteiger partial charge < -0.3 is 29.0 Å². The molecule has 3 aromatic rings. The van der Waals surface area contributed by atoms with E-state index >= 15 is 0 Å². The van der Waals surface area contributed by atoms with Gasteiger partial charge in [0.25, 0.3) is 0 Å². The van der Waals surface area contributed by atoms with Gasteiger partial charge in [0, 0.05) is 19.6 Å². The number of carbonyl (C=O) groups excluding carboxylic acids is 1. The minimum Gasteiger partial charge on any atom is -0.444 e. The minimum absolute atomic E-state index is 0.0201. The van der Waals surface area contributed by atoms with Crippen LogP contribution < -0.4 is 5.32 Å². The molecule has 0 aliphatic carbocycles. The number of nitrogens with one attached hydrogen (secondary N) is 1. The number of amides is 1. The Morgan fingerprint density at radius 1 is 0.667 bits per heavy atom. The van der Waals surface area contributed by atoms with Gasteiger partial charge in [0.2, 0.25) is 0 Å². The van der Waals surface area contributed by atoms with Crippen LogP contribution in [0.25, 0.3) is 0 Å². The number of hydrogen-bond acceptors (Lipinski definition) is 7. The molecule has 3 rings (SSSR count). The van der Waals surface area contributed by atoms with E-state index in [9.17, 15) is 4.79 Å². The van der Waals surface area contributed by atoms with Crippen LogP contribution in [0.5, 0.6) is 0 Å². The van der Waals surface area contributed by atoms with Gasteiger partial charge in [-0.3, -0.25) is 5.32 Å². The molecule has 0 atom stereocenters. The van der Waals surface area contributed by atoms with Crippen molar-refractivity contribution in [1.82, 2.24) is 10.2 Å². The topological polar surface area (TPSA) is 89.5 Å². The minimum atomic E-state index is -0.602. The number of aliphatic hydroxyl groups excluding tert-OH is 1. The third kappa shape index (κ3) is 10.5. The third-order valence-corrected chi connectivity index (χ3v) is 6.53. The molecule has 0 aliphatic rings. The molecule has 0 aliphatic heterocycles. The first-order chi connectivity index (χ1) is 20.4. The summed E-state index contributed by atoms with van der Waals surface area (Å²) in [6.07, 6.45) is -0.402. The molecule has 8 nitrogen and oxygen atoms in total. The summed E-state index contributed by atoms with van der Waals surface area (Å²) in [5.74, 6) is 0. The Balaban J connectivity index is 1.61. The van der Waals surface area contributed by atoms with E-state index in [-0.39, 0.29) is 13.2 Å². The first-order valence-corrected chi connectivity index (χ1v) is 14.6. The number of hydrogen-bond donors (Lipinski definition) is 2. The van der Waals surface area contributed by atoms with E-state index in [1.165, 1.54) is 0 Å². The summed E-state index contributed by atoms with van der Waals surface area (Å²) in [6.45, 7) is 9.06. The third-order valence-electron chi connectivity index (χ3n) is 6.53. The van der Waals surface area contributed by atoms with E-state index in [2.05, 4.69) is 78.1 Å². The predicted molar refractivity (Wildman–Crippen MR) is 165 cm³/mol. The molecule has 0 saturated carbocycles. The Morgan fingerprint density at radius 2 is 1.10 bits per heavy atom. The number of ether oxygens (including phenoxy) is 4. The van der Waals surface area contributed by atoms with Crippen molar-refractivity contribution in [3.05, 3.63) is 108 Å². The second-order valence-corrected chi connectivity index (χ2v) is 10.8. The van der Waals surface area contributed by atoms with Crippen LogP contribution >= 0.6 is 0 Å². The standard InChI is InChI=1S/C34H46N2O6/c1-33(2,3)42-32(38)36(21-25-40-27-28-41-26-22-37)20-24-39-23-19-35-34(29-13-7-4-8-14-29,30-15-9-5-10-16-30)31-17-11-6-12-18-31/h4-18,35,37H,19-28H2,1-3H3. The SMILES string of the molecule is CC(C)(C)OC(=O)N(CCOCCNC(c1ccccc1)(c1ccccc1)c1ccccc1)CCOCCOCCO. The van der Waals surface area contributed by atoms with Gasteiger partial charge in [-0.25, -0.2) is 4.79 Å². The maximum absolute atomic E-state index is 12.8. The van der Waals surface area contributed by atoms with Crippen molar-refractivity contribution in [3.8, 4) is 0 Å². The molecule has 42 heavy (non-hydrogen) atoms. The summed E-state index contributed by atoms with van der Waals surface area (Å²) in [4.78, 5) is 14.4. The first-order valence-electron chi connectivity index (χ1n) is 14.6. The summed E-state index contributed by atoms with van der Waals surface area (Å²) in [5.41, 5.74) is 2.25. The Kier molecular flexibility index (Phi) is 14.0. The molecule has 8 heteroatoms. The fourth-order valence-electron chi connectivity index (χ4n) is 4.64. The first kappa shape index (κ1) is 33.2. The molecule has 0 saturated heterocycles. The summed E-state index contributed by atoms with van der Waals surface area (Å²) in [5, 5.41) is 12.6. The lowest BCUT2D eigenvalue weighted by atomic mass is 9.77. The zero-order valence-corrected chi connectivity index (χ0v) is 25.2. The van der Waals surface area contributed by atoms with Crippen molar-refractivity contribution in [2.24, 2.45) is 0 Å². The van der Waals surface area contributed by atoms with Gasteiger partial charge in [0.1, 0.15) is 5.60 Å². The van der Waals surface area contributed by atoms with Crippen LogP contribution in [-0.4, -0.2) is 87.6 Å². The fraction of sp³-hybridized carbons (Fsp3) is 0.441. The van der Waals surface area contributed by atoms with Crippen molar-refractivity contribution < 1.29 is 28.8 Å². The lowest BCUT2D eigenvalue weighted by Crippen LogP contribution is -2.46. The molecule has 3 aromatic carbocycles. The largest absolute Gasteiger partial charge is 0.444 e.